The molecule has 0 aromatic rings. The highest BCUT2D eigenvalue weighted by molar-refractivity contribution is 5.78. The maximum absolute atomic E-state index is 11.4. The third-order valence-corrected chi connectivity index (χ3v) is 2.19. The molecule has 0 saturated heterocycles. The molecule has 0 bridgehead atoms. The summed E-state index contributed by atoms with van der Waals surface area (Å²) in [7, 11) is 0. The molecule has 3 nitrogen and oxygen atoms in total. The van der Waals surface area contributed by atoms with Gasteiger partial charge in [0.15, 0.2) is 0 Å². The summed E-state index contributed by atoms with van der Waals surface area (Å²) in [6.07, 6.45) is 9.55. The van der Waals surface area contributed by atoms with Crippen LogP contribution in [-0.4, -0.2) is 23.7 Å². The fourth-order valence-corrected chi connectivity index (χ4v) is 1.08. The van der Waals surface area contributed by atoms with E-state index >= 15 is 0 Å². The van der Waals surface area contributed by atoms with Crippen LogP contribution in [-0.2, 0) is 4.79 Å². The first-order chi connectivity index (χ1) is 8.01. The van der Waals surface area contributed by atoms with Crippen LogP contribution in [0.15, 0.2) is 36.0 Å². The van der Waals surface area contributed by atoms with Crippen molar-refractivity contribution in [1.29, 1.82) is 0 Å². The zero-order chi connectivity index (χ0) is 13.3. The molecule has 1 amide bonds. The first-order valence-electron chi connectivity index (χ1n) is 5.90. The Labute approximate surface area is 104 Å². The standard InChI is InChI=1S/C14H23NO2/c1-5-6-7-12(4)8-9-13(10-16)15-14(17)11(2)3/h5-9,11,13,16H,10H2,1-4H3,(H,15,17)/b6-5-,9-8+,12-7-/t13-/m0/s1. The SMILES string of the molecule is C\C=C/C=C(C)\C=C\[C@@H](CO)NC(=O)C(C)C. The van der Waals surface area contributed by atoms with E-state index in [2.05, 4.69) is 5.32 Å². The van der Waals surface area contributed by atoms with Gasteiger partial charge < -0.3 is 10.4 Å². The number of allylic oxidation sites excluding steroid dienone is 5. The molecule has 0 unspecified atom stereocenters. The van der Waals surface area contributed by atoms with Crippen molar-refractivity contribution < 1.29 is 9.90 Å². The molecule has 3 heteroatoms. The highest BCUT2D eigenvalue weighted by Crippen LogP contribution is 1.99. The van der Waals surface area contributed by atoms with Crippen molar-refractivity contribution in [3.05, 3.63) is 36.0 Å². The first-order valence-corrected chi connectivity index (χ1v) is 5.90. The highest BCUT2D eigenvalue weighted by Gasteiger charge is 2.10. The van der Waals surface area contributed by atoms with Crippen molar-refractivity contribution in [3.8, 4) is 0 Å². The van der Waals surface area contributed by atoms with Gasteiger partial charge in [-0.25, -0.2) is 0 Å². The predicted molar refractivity (Wildman–Crippen MR) is 71.6 cm³/mol. The molecule has 0 heterocycles. The van der Waals surface area contributed by atoms with Gasteiger partial charge in [-0.2, -0.15) is 0 Å². The third kappa shape index (κ3) is 7.53. The van der Waals surface area contributed by atoms with Gasteiger partial charge in [-0.3, -0.25) is 4.79 Å². The van der Waals surface area contributed by atoms with E-state index in [1.807, 2.05) is 52.0 Å². The lowest BCUT2D eigenvalue weighted by atomic mass is 10.1. The Morgan fingerprint density at radius 1 is 1.41 bits per heavy atom. The van der Waals surface area contributed by atoms with Crippen molar-refractivity contribution >= 4 is 5.91 Å². The summed E-state index contributed by atoms with van der Waals surface area (Å²) in [6, 6.07) is -0.321. The van der Waals surface area contributed by atoms with Gasteiger partial charge in [0.2, 0.25) is 5.91 Å². The van der Waals surface area contributed by atoms with Crippen molar-refractivity contribution in [2.24, 2.45) is 5.92 Å². The Balaban J connectivity index is 4.40. The molecule has 0 radical (unpaired) electrons. The van der Waals surface area contributed by atoms with Crippen molar-refractivity contribution in [3.63, 3.8) is 0 Å². The van der Waals surface area contributed by atoms with E-state index < -0.39 is 0 Å². The lowest BCUT2D eigenvalue weighted by Crippen LogP contribution is -2.38. The second-order valence-electron chi connectivity index (χ2n) is 4.25. The Kier molecular flexibility index (Phi) is 8.07. The van der Waals surface area contributed by atoms with E-state index in [4.69, 9.17) is 5.11 Å². The summed E-state index contributed by atoms with van der Waals surface area (Å²) < 4.78 is 0. The molecule has 0 saturated carbocycles. The first kappa shape index (κ1) is 15.7. The summed E-state index contributed by atoms with van der Waals surface area (Å²) >= 11 is 0. The van der Waals surface area contributed by atoms with Gasteiger partial charge in [-0.05, 0) is 13.8 Å². The van der Waals surface area contributed by atoms with E-state index in [9.17, 15) is 4.79 Å². The van der Waals surface area contributed by atoms with E-state index in [0.717, 1.165) is 5.57 Å². The number of hydrogen-bond acceptors (Lipinski definition) is 2. The van der Waals surface area contributed by atoms with E-state index in [-0.39, 0.29) is 24.5 Å². The van der Waals surface area contributed by atoms with Gasteiger partial charge in [0.05, 0.1) is 12.6 Å². The van der Waals surface area contributed by atoms with Gasteiger partial charge in [0, 0.05) is 5.92 Å². The minimum Gasteiger partial charge on any atom is -0.394 e. The van der Waals surface area contributed by atoms with Gasteiger partial charge in [-0.1, -0.05) is 49.8 Å². The summed E-state index contributed by atoms with van der Waals surface area (Å²) in [6.45, 7) is 7.48. The molecule has 0 aromatic carbocycles. The van der Waals surface area contributed by atoms with E-state index in [1.165, 1.54) is 0 Å². The molecule has 0 fully saturated rings. The van der Waals surface area contributed by atoms with Gasteiger partial charge >= 0.3 is 0 Å². The minimum absolute atomic E-state index is 0.0520. The average molecular weight is 237 g/mol. The topological polar surface area (TPSA) is 49.3 Å². The maximum atomic E-state index is 11.4. The van der Waals surface area contributed by atoms with Gasteiger partial charge in [0.1, 0.15) is 0 Å². The Bertz CT molecular complexity index is 314. The van der Waals surface area contributed by atoms with Crippen LogP contribution in [0.4, 0.5) is 0 Å². The lowest BCUT2D eigenvalue weighted by molar-refractivity contribution is -0.124. The number of carbonyl (C=O) groups is 1. The fraction of sp³-hybridized carbons (Fsp3) is 0.500. The van der Waals surface area contributed by atoms with E-state index in [0.29, 0.717) is 0 Å². The van der Waals surface area contributed by atoms with Crippen LogP contribution < -0.4 is 5.32 Å². The Morgan fingerprint density at radius 3 is 2.53 bits per heavy atom. The molecule has 2 N–H and O–H groups in total. The quantitative estimate of drug-likeness (QED) is 0.696. The van der Waals surface area contributed by atoms with Gasteiger partial charge in [0.25, 0.3) is 0 Å². The molecular weight excluding hydrogens is 214 g/mol. The molecule has 0 spiro atoms. The number of aliphatic hydroxyl groups excluding tert-OH is 1. The Hall–Kier alpha value is -1.35. The Morgan fingerprint density at radius 2 is 2.06 bits per heavy atom. The van der Waals surface area contributed by atoms with Crippen LogP contribution in [0.1, 0.15) is 27.7 Å². The van der Waals surface area contributed by atoms with Crippen molar-refractivity contribution in [2.45, 2.75) is 33.7 Å². The fourth-order valence-electron chi connectivity index (χ4n) is 1.08. The van der Waals surface area contributed by atoms with Crippen LogP contribution in [0.5, 0.6) is 0 Å². The van der Waals surface area contributed by atoms with Crippen molar-refractivity contribution in [2.75, 3.05) is 6.61 Å². The molecule has 0 aromatic heterocycles. The van der Waals surface area contributed by atoms with Crippen molar-refractivity contribution in [1.82, 2.24) is 5.32 Å². The summed E-state index contributed by atoms with van der Waals surface area (Å²) in [5.41, 5.74) is 1.07. The summed E-state index contributed by atoms with van der Waals surface area (Å²) in [4.78, 5) is 11.4. The van der Waals surface area contributed by atoms with Crippen LogP contribution in [0.25, 0.3) is 0 Å². The largest absolute Gasteiger partial charge is 0.394 e. The minimum atomic E-state index is -0.321. The summed E-state index contributed by atoms with van der Waals surface area (Å²) in [5, 5.41) is 11.9. The van der Waals surface area contributed by atoms with Crippen LogP contribution in [0.2, 0.25) is 0 Å². The number of aliphatic hydroxyl groups is 1. The molecule has 96 valence electrons. The smallest absolute Gasteiger partial charge is 0.223 e. The number of hydrogen-bond donors (Lipinski definition) is 2. The number of rotatable bonds is 6. The zero-order valence-corrected chi connectivity index (χ0v) is 11.1. The molecule has 1 atom stereocenters. The molecular formula is C14H23NO2. The molecule has 17 heavy (non-hydrogen) atoms. The molecule has 0 aliphatic carbocycles. The maximum Gasteiger partial charge on any atom is 0.223 e. The molecule has 0 aliphatic rings. The van der Waals surface area contributed by atoms with Crippen LogP contribution in [0.3, 0.4) is 0 Å². The lowest BCUT2D eigenvalue weighted by Gasteiger charge is -2.14. The van der Waals surface area contributed by atoms with Crippen LogP contribution in [0, 0.1) is 5.92 Å². The monoisotopic (exact) mass is 237 g/mol. The number of carbonyl (C=O) groups excluding carboxylic acids is 1. The highest BCUT2D eigenvalue weighted by atomic mass is 16.3. The average Bonchev–Trinajstić information content (AvgIpc) is 2.31. The number of amides is 1. The zero-order valence-electron chi connectivity index (χ0n) is 11.1. The second kappa shape index (κ2) is 8.76. The second-order valence-corrected chi connectivity index (χ2v) is 4.25. The predicted octanol–water partition coefficient (Wildman–Crippen LogP) is 2.20. The van der Waals surface area contributed by atoms with E-state index in [1.54, 1.807) is 6.08 Å². The number of nitrogens with one attached hydrogen (secondary N) is 1. The molecule has 0 rings (SSSR count). The van der Waals surface area contributed by atoms with Crippen LogP contribution >= 0.6 is 0 Å². The van der Waals surface area contributed by atoms with Gasteiger partial charge in [-0.15, -0.1) is 0 Å². The normalized spacial score (nSPS) is 14.8. The molecule has 0 aliphatic heterocycles. The summed E-state index contributed by atoms with van der Waals surface area (Å²) in [5.74, 6) is -0.124. The third-order valence-electron chi connectivity index (χ3n) is 2.19.